The molecule has 4 nitrogen and oxygen atoms in total. The number of halogens is 2. The van der Waals surface area contributed by atoms with Gasteiger partial charge in [-0.1, -0.05) is 18.2 Å². The van der Waals surface area contributed by atoms with Crippen LogP contribution in [0.5, 0.6) is 11.5 Å². The highest BCUT2D eigenvalue weighted by molar-refractivity contribution is 5.92. The molecule has 0 heterocycles. The van der Waals surface area contributed by atoms with E-state index in [0.717, 1.165) is 12.1 Å². The first kappa shape index (κ1) is 17.3. The Balaban J connectivity index is 1.72. The summed E-state index contributed by atoms with van der Waals surface area (Å²) in [5.74, 6) is -2.39. The molecule has 0 aliphatic heterocycles. The topological polar surface area (TPSA) is 52.6 Å². The van der Waals surface area contributed by atoms with E-state index in [1.807, 2.05) is 0 Å². The number of carbonyl (C=O) groups excluding carboxylic acids is 2. The molecule has 0 aromatic heterocycles. The fourth-order valence-electron chi connectivity index (χ4n) is 2.16. The molecule has 0 aliphatic carbocycles. The molecule has 0 radical (unpaired) electrons. The van der Waals surface area contributed by atoms with E-state index in [4.69, 9.17) is 9.47 Å². The number of hydrogen-bond acceptors (Lipinski definition) is 4. The first-order valence-corrected chi connectivity index (χ1v) is 7.57. The zero-order valence-corrected chi connectivity index (χ0v) is 13.3. The number of ether oxygens (including phenoxy) is 2. The summed E-state index contributed by atoms with van der Waals surface area (Å²) in [6, 6.07) is 16.0. The summed E-state index contributed by atoms with van der Waals surface area (Å²) in [6.45, 7) is 0. The highest BCUT2D eigenvalue weighted by Gasteiger charge is 2.12. The van der Waals surface area contributed by atoms with Crippen LogP contribution in [0, 0.1) is 11.6 Å². The summed E-state index contributed by atoms with van der Waals surface area (Å²) >= 11 is 0. The second kappa shape index (κ2) is 7.57. The molecule has 0 unspecified atom stereocenters. The Hall–Kier alpha value is -3.54. The van der Waals surface area contributed by atoms with Crippen molar-refractivity contribution < 1.29 is 27.8 Å². The zero-order chi connectivity index (χ0) is 18.5. The molecule has 0 aliphatic rings. The van der Waals surface area contributed by atoms with Crippen LogP contribution >= 0.6 is 0 Å². The molecule has 6 heteroatoms. The van der Waals surface area contributed by atoms with E-state index in [1.54, 1.807) is 0 Å². The van der Waals surface area contributed by atoms with E-state index in [-0.39, 0.29) is 22.6 Å². The average molecular weight is 354 g/mol. The predicted molar refractivity (Wildman–Crippen MR) is 89.2 cm³/mol. The molecule has 0 saturated heterocycles. The number of esters is 2. The Morgan fingerprint density at radius 3 is 1.46 bits per heavy atom. The van der Waals surface area contributed by atoms with Gasteiger partial charge in [-0.05, 0) is 48.5 Å². The highest BCUT2D eigenvalue weighted by Crippen LogP contribution is 2.22. The quantitative estimate of drug-likeness (QED) is 0.515. The number of benzene rings is 3. The maximum atomic E-state index is 13.2. The molecule has 0 bridgehead atoms. The van der Waals surface area contributed by atoms with Crippen molar-refractivity contribution in [1.82, 2.24) is 0 Å². The van der Waals surface area contributed by atoms with Crippen LogP contribution < -0.4 is 9.47 Å². The van der Waals surface area contributed by atoms with E-state index in [1.165, 1.54) is 60.7 Å². The van der Waals surface area contributed by atoms with E-state index < -0.39 is 23.6 Å². The van der Waals surface area contributed by atoms with E-state index in [9.17, 15) is 18.4 Å². The van der Waals surface area contributed by atoms with Gasteiger partial charge < -0.3 is 9.47 Å². The van der Waals surface area contributed by atoms with Gasteiger partial charge in [0.05, 0.1) is 11.1 Å². The third kappa shape index (κ3) is 4.30. The Labute approximate surface area is 147 Å². The molecule has 3 aromatic carbocycles. The van der Waals surface area contributed by atoms with E-state index in [0.29, 0.717) is 0 Å². The maximum absolute atomic E-state index is 13.2. The van der Waals surface area contributed by atoms with Crippen molar-refractivity contribution >= 4 is 11.9 Å². The monoisotopic (exact) mass is 354 g/mol. The van der Waals surface area contributed by atoms with Crippen molar-refractivity contribution in [1.29, 1.82) is 0 Å². The third-order valence-electron chi connectivity index (χ3n) is 3.35. The molecule has 130 valence electrons. The van der Waals surface area contributed by atoms with Gasteiger partial charge in [-0.15, -0.1) is 0 Å². The molecule has 0 amide bonds. The van der Waals surface area contributed by atoms with Gasteiger partial charge in [0.2, 0.25) is 0 Å². The van der Waals surface area contributed by atoms with Gasteiger partial charge in [0.1, 0.15) is 23.1 Å². The minimum atomic E-state index is -0.752. The van der Waals surface area contributed by atoms with Crippen LogP contribution in [-0.4, -0.2) is 11.9 Å². The maximum Gasteiger partial charge on any atom is 0.343 e. The molecule has 0 atom stereocenters. The van der Waals surface area contributed by atoms with Gasteiger partial charge in [-0.2, -0.15) is 0 Å². The van der Waals surface area contributed by atoms with Crippen LogP contribution in [0.25, 0.3) is 0 Å². The third-order valence-corrected chi connectivity index (χ3v) is 3.35. The largest absolute Gasteiger partial charge is 0.423 e. The van der Waals surface area contributed by atoms with Crippen LogP contribution in [0.4, 0.5) is 8.78 Å². The van der Waals surface area contributed by atoms with Crippen LogP contribution in [0.1, 0.15) is 20.7 Å². The molecular formula is C20H12F2O4. The van der Waals surface area contributed by atoms with Crippen molar-refractivity contribution in [2.45, 2.75) is 0 Å². The van der Waals surface area contributed by atoms with Crippen molar-refractivity contribution in [3.63, 3.8) is 0 Å². The average Bonchev–Trinajstić information content (AvgIpc) is 2.62. The van der Waals surface area contributed by atoms with Crippen molar-refractivity contribution in [2.24, 2.45) is 0 Å². The predicted octanol–water partition coefficient (Wildman–Crippen LogP) is 4.40. The second-order valence-corrected chi connectivity index (χ2v) is 5.27. The molecule has 0 N–H and O–H groups in total. The minimum absolute atomic E-state index is 0.0483. The normalized spacial score (nSPS) is 10.2. The molecule has 3 aromatic rings. The van der Waals surface area contributed by atoms with Crippen molar-refractivity contribution in [3.05, 3.63) is 95.6 Å². The second-order valence-electron chi connectivity index (χ2n) is 5.27. The fraction of sp³-hybridized carbons (Fsp3) is 0. The van der Waals surface area contributed by atoms with Gasteiger partial charge in [0, 0.05) is 6.07 Å². The van der Waals surface area contributed by atoms with Crippen LogP contribution in [0.15, 0.2) is 72.8 Å². The van der Waals surface area contributed by atoms with Crippen LogP contribution in [0.2, 0.25) is 0 Å². The zero-order valence-electron chi connectivity index (χ0n) is 13.3. The van der Waals surface area contributed by atoms with Crippen molar-refractivity contribution in [2.75, 3.05) is 0 Å². The summed E-state index contributed by atoms with van der Waals surface area (Å²) in [7, 11) is 0. The SMILES string of the molecule is O=C(Oc1cccc(OC(=O)c2cccc(F)c2)c1)c1cccc(F)c1. The lowest BCUT2D eigenvalue weighted by atomic mass is 10.2. The summed E-state index contributed by atoms with van der Waals surface area (Å²) in [4.78, 5) is 24.0. The van der Waals surface area contributed by atoms with Gasteiger partial charge in [-0.3, -0.25) is 0 Å². The Morgan fingerprint density at radius 2 is 1.04 bits per heavy atom. The first-order valence-electron chi connectivity index (χ1n) is 7.57. The Morgan fingerprint density at radius 1 is 0.615 bits per heavy atom. The van der Waals surface area contributed by atoms with Gasteiger partial charge >= 0.3 is 11.9 Å². The number of rotatable bonds is 4. The Kier molecular flexibility index (Phi) is 5.03. The molecule has 0 spiro atoms. The van der Waals surface area contributed by atoms with E-state index >= 15 is 0 Å². The summed E-state index contributed by atoms with van der Waals surface area (Å²) in [5.41, 5.74) is 0.0966. The smallest absolute Gasteiger partial charge is 0.343 e. The van der Waals surface area contributed by atoms with Crippen molar-refractivity contribution in [3.8, 4) is 11.5 Å². The fourth-order valence-corrected chi connectivity index (χ4v) is 2.16. The lowest BCUT2D eigenvalue weighted by molar-refractivity contribution is 0.0732. The highest BCUT2D eigenvalue weighted by atomic mass is 19.1. The summed E-state index contributed by atoms with van der Waals surface area (Å²) in [5, 5.41) is 0. The molecular weight excluding hydrogens is 342 g/mol. The molecule has 0 fully saturated rings. The van der Waals surface area contributed by atoms with E-state index in [2.05, 4.69) is 0 Å². The standard InChI is InChI=1S/C20H12F2O4/c21-15-6-1-4-13(10-15)19(23)25-17-8-3-9-18(12-17)26-20(24)14-5-2-7-16(22)11-14/h1-12H. The number of carbonyl (C=O) groups is 2. The summed E-state index contributed by atoms with van der Waals surface area (Å²) in [6.07, 6.45) is 0. The minimum Gasteiger partial charge on any atom is -0.423 e. The molecule has 0 saturated carbocycles. The van der Waals surface area contributed by atoms with Gasteiger partial charge in [0.15, 0.2) is 0 Å². The number of hydrogen-bond donors (Lipinski definition) is 0. The van der Waals surface area contributed by atoms with Crippen LogP contribution in [-0.2, 0) is 0 Å². The Bertz CT molecular complexity index is 895. The summed E-state index contributed by atoms with van der Waals surface area (Å²) < 4.78 is 36.6. The van der Waals surface area contributed by atoms with Gasteiger partial charge in [0.25, 0.3) is 0 Å². The molecule has 3 rings (SSSR count). The lowest BCUT2D eigenvalue weighted by Gasteiger charge is -2.08. The van der Waals surface area contributed by atoms with Gasteiger partial charge in [-0.25, -0.2) is 18.4 Å². The molecule has 26 heavy (non-hydrogen) atoms. The lowest BCUT2D eigenvalue weighted by Crippen LogP contribution is -2.10. The first-order chi connectivity index (χ1) is 12.5. The van der Waals surface area contributed by atoms with Crippen LogP contribution in [0.3, 0.4) is 0 Å².